The van der Waals surface area contributed by atoms with Crippen LogP contribution in [-0.2, 0) is 6.54 Å². The van der Waals surface area contributed by atoms with Crippen molar-refractivity contribution in [2.24, 2.45) is 0 Å². The molecule has 10 heteroatoms. The largest absolute Gasteiger partial charge is 0.355 e. The molecule has 10 nitrogen and oxygen atoms in total. The van der Waals surface area contributed by atoms with Crippen LogP contribution in [0.3, 0.4) is 0 Å². The first kappa shape index (κ1) is 20.7. The summed E-state index contributed by atoms with van der Waals surface area (Å²) < 4.78 is 3.00. The fourth-order valence-electron chi connectivity index (χ4n) is 3.68. The van der Waals surface area contributed by atoms with Gasteiger partial charge in [-0.05, 0) is 57.4 Å². The molecule has 31 heavy (non-hydrogen) atoms. The number of amides is 1. The Balaban J connectivity index is 1.36. The fraction of sp³-hybridized carbons (Fsp3) is 0.429. The van der Waals surface area contributed by atoms with Gasteiger partial charge in [0.15, 0.2) is 17.3 Å². The van der Waals surface area contributed by atoms with Crippen LogP contribution in [0.1, 0.15) is 41.1 Å². The van der Waals surface area contributed by atoms with E-state index in [4.69, 9.17) is 0 Å². The van der Waals surface area contributed by atoms with Gasteiger partial charge in [-0.15, -0.1) is 15.3 Å². The highest BCUT2D eigenvalue weighted by Gasteiger charge is 2.14. The average Bonchev–Trinajstić information content (AvgIpc) is 3.13. The second kappa shape index (κ2) is 9.07. The van der Waals surface area contributed by atoms with Gasteiger partial charge < -0.3 is 10.2 Å². The Bertz CT molecular complexity index is 1110. The Morgan fingerprint density at radius 1 is 1.00 bits per heavy atom. The van der Waals surface area contributed by atoms with E-state index in [1.165, 1.54) is 17.2 Å². The molecule has 1 N–H and O–H groups in total. The number of nitrogens with zero attached hydrogens (tertiary/aromatic N) is 7. The van der Waals surface area contributed by atoms with E-state index in [1.54, 1.807) is 16.8 Å². The summed E-state index contributed by atoms with van der Waals surface area (Å²) in [4.78, 5) is 26.7. The highest BCUT2D eigenvalue weighted by Crippen LogP contribution is 2.16. The molecule has 1 saturated heterocycles. The number of hydrogen-bond acceptors (Lipinski definition) is 7. The third-order valence-corrected chi connectivity index (χ3v) is 5.25. The van der Waals surface area contributed by atoms with E-state index in [-0.39, 0.29) is 30.2 Å². The molecule has 3 aromatic heterocycles. The lowest BCUT2D eigenvalue weighted by atomic mass is 10.1. The number of carbonyl (C=O) groups is 1. The van der Waals surface area contributed by atoms with Crippen LogP contribution in [0.25, 0.3) is 5.82 Å². The van der Waals surface area contributed by atoms with Crippen LogP contribution in [-0.4, -0.2) is 55.3 Å². The van der Waals surface area contributed by atoms with Crippen LogP contribution in [0.15, 0.2) is 35.1 Å². The van der Waals surface area contributed by atoms with Gasteiger partial charge in [0.05, 0.1) is 12.2 Å². The minimum atomic E-state index is -0.333. The topological polar surface area (TPSA) is 111 Å². The molecule has 1 aliphatic rings. The first-order valence-electron chi connectivity index (χ1n) is 10.5. The average molecular weight is 422 g/mol. The van der Waals surface area contributed by atoms with Gasteiger partial charge in [0.25, 0.3) is 11.5 Å². The highest BCUT2D eigenvalue weighted by atomic mass is 16.2. The monoisotopic (exact) mass is 422 g/mol. The van der Waals surface area contributed by atoms with Gasteiger partial charge >= 0.3 is 0 Å². The van der Waals surface area contributed by atoms with Crippen LogP contribution in [0.4, 0.5) is 5.82 Å². The third-order valence-electron chi connectivity index (χ3n) is 5.25. The standard InChI is InChI=1S/C21H26N8O2/c1-15-14-16(2)29(25-15)19-8-9-20(30)28(26-19)13-10-22-21(31)17-6-7-18(24-23-17)27-11-4-3-5-12-27/h6-9,14H,3-5,10-13H2,1-2H3,(H,22,31). The van der Waals surface area contributed by atoms with Gasteiger partial charge in [0.1, 0.15) is 0 Å². The molecule has 0 spiro atoms. The zero-order valence-corrected chi connectivity index (χ0v) is 17.8. The molecule has 0 bridgehead atoms. The molecule has 0 aromatic carbocycles. The maximum atomic E-state index is 12.4. The van der Waals surface area contributed by atoms with Crippen molar-refractivity contribution in [3.8, 4) is 5.82 Å². The number of nitrogens with one attached hydrogen (secondary N) is 1. The van der Waals surface area contributed by atoms with Gasteiger partial charge in [-0.3, -0.25) is 9.59 Å². The molecule has 0 radical (unpaired) electrons. The summed E-state index contributed by atoms with van der Waals surface area (Å²) in [5.74, 6) is 1.02. The van der Waals surface area contributed by atoms with Crippen molar-refractivity contribution in [1.82, 2.24) is 35.1 Å². The van der Waals surface area contributed by atoms with Crippen LogP contribution in [0, 0.1) is 13.8 Å². The molecule has 4 rings (SSSR count). The fourth-order valence-corrected chi connectivity index (χ4v) is 3.68. The number of aromatic nitrogens is 6. The van der Waals surface area contributed by atoms with Crippen molar-refractivity contribution in [3.63, 3.8) is 0 Å². The number of anilines is 1. The van der Waals surface area contributed by atoms with Crippen LogP contribution >= 0.6 is 0 Å². The summed E-state index contributed by atoms with van der Waals surface area (Å²) in [6, 6.07) is 8.54. The van der Waals surface area contributed by atoms with E-state index >= 15 is 0 Å². The number of piperidine rings is 1. The van der Waals surface area contributed by atoms with E-state index in [0.29, 0.717) is 5.82 Å². The minimum absolute atomic E-state index is 0.233. The summed E-state index contributed by atoms with van der Waals surface area (Å²) in [5.41, 5.74) is 1.80. The lowest BCUT2D eigenvalue weighted by molar-refractivity contribution is 0.0945. The zero-order valence-electron chi connectivity index (χ0n) is 17.8. The Kier molecular flexibility index (Phi) is 6.06. The normalized spacial score (nSPS) is 13.9. The molecule has 4 heterocycles. The summed E-state index contributed by atoms with van der Waals surface area (Å²) >= 11 is 0. The van der Waals surface area contributed by atoms with Gasteiger partial charge in [0.2, 0.25) is 0 Å². The summed E-state index contributed by atoms with van der Waals surface area (Å²) in [6.45, 7) is 6.24. The van der Waals surface area contributed by atoms with Crippen molar-refractivity contribution in [3.05, 3.63) is 57.8 Å². The molecule has 0 atom stereocenters. The van der Waals surface area contributed by atoms with Crippen molar-refractivity contribution in [1.29, 1.82) is 0 Å². The Labute approximate surface area is 179 Å². The van der Waals surface area contributed by atoms with E-state index in [0.717, 1.165) is 43.1 Å². The quantitative estimate of drug-likeness (QED) is 0.636. The molecule has 1 amide bonds. The lowest BCUT2D eigenvalue weighted by Crippen LogP contribution is -2.33. The molecule has 3 aromatic rings. The van der Waals surface area contributed by atoms with Crippen molar-refractivity contribution in [2.75, 3.05) is 24.5 Å². The van der Waals surface area contributed by atoms with Crippen LogP contribution < -0.4 is 15.8 Å². The third kappa shape index (κ3) is 4.79. The molecule has 1 aliphatic heterocycles. The number of rotatable bonds is 6. The maximum absolute atomic E-state index is 12.4. The molecule has 0 saturated carbocycles. The van der Waals surface area contributed by atoms with Gasteiger partial charge in [-0.25, -0.2) is 9.36 Å². The number of aryl methyl sites for hydroxylation is 2. The van der Waals surface area contributed by atoms with E-state index in [2.05, 4.69) is 30.6 Å². The molecule has 0 unspecified atom stereocenters. The SMILES string of the molecule is Cc1cc(C)n(-c2ccc(=O)n(CCNC(=O)c3ccc(N4CCCCC4)nn3)n2)n1. The number of carbonyl (C=O) groups excluding carboxylic acids is 1. The molecular formula is C21H26N8O2. The molecular weight excluding hydrogens is 396 g/mol. The lowest BCUT2D eigenvalue weighted by Gasteiger charge is -2.27. The van der Waals surface area contributed by atoms with E-state index < -0.39 is 0 Å². The predicted octanol–water partition coefficient (Wildman–Crippen LogP) is 1.26. The highest BCUT2D eigenvalue weighted by molar-refractivity contribution is 5.92. The van der Waals surface area contributed by atoms with Gasteiger partial charge in [0, 0.05) is 31.4 Å². The minimum Gasteiger partial charge on any atom is -0.355 e. The van der Waals surface area contributed by atoms with Gasteiger partial charge in [-0.1, -0.05) is 0 Å². The maximum Gasteiger partial charge on any atom is 0.271 e. The second-order valence-corrected chi connectivity index (χ2v) is 7.67. The zero-order chi connectivity index (χ0) is 21.8. The molecule has 0 aliphatic carbocycles. The summed E-state index contributed by atoms with van der Waals surface area (Å²) in [7, 11) is 0. The van der Waals surface area contributed by atoms with Crippen LogP contribution in [0.2, 0.25) is 0 Å². The van der Waals surface area contributed by atoms with Crippen molar-refractivity contribution >= 4 is 11.7 Å². The van der Waals surface area contributed by atoms with E-state index in [9.17, 15) is 9.59 Å². The Morgan fingerprint density at radius 3 is 2.45 bits per heavy atom. The van der Waals surface area contributed by atoms with Crippen molar-refractivity contribution in [2.45, 2.75) is 39.7 Å². The Morgan fingerprint density at radius 2 is 1.77 bits per heavy atom. The first-order chi connectivity index (χ1) is 15.0. The predicted molar refractivity (Wildman–Crippen MR) is 116 cm³/mol. The van der Waals surface area contributed by atoms with E-state index in [1.807, 2.05) is 26.0 Å². The summed E-state index contributed by atoms with van der Waals surface area (Å²) in [6.07, 6.45) is 3.54. The molecule has 162 valence electrons. The smallest absolute Gasteiger partial charge is 0.271 e. The number of hydrogen-bond donors (Lipinski definition) is 1. The Hall–Kier alpha value is -3.56. The van der Waals surface area contributed by atoms with Crippen LogP contribution in [0.5, 0.6) is 0 Å². The molecule has 1 fully saturated rings. The van der Waals surface area contributed by atoms with Crippen molar-refractivity contribution < 1.29 is 4.79 Å². The van der Waals surface area contributed by atoms with Gasteiger partial charge in [-0.2, -0.15) is 5.10 Å². The second-order valence-electron chi connectivity index (χ2n) is 7.67. The summed E-state index contributed by atoms with van der Waals surface area (Å²) in [5, 5.41) is 19.8. The first-order valence-corrected chi connectivity index (χ1v) is 10.5.